The lowest BCUT2D eigenvalue weighted by Gasteiger charge is -2.13. The summed E-state index contributed by atoms with van der Waals surface area (Å²) in [6.45, 7) is 1.68. The molecule has 0 aromatic carbocycles. The highest BCUT2D eigenvalue weighted by Gasteiger charge is 2.04. The molecule has 5 nitrogen and oxygen atoms in total. The largest absolute Gasteiger partial charge is 0.350 e. The van der Waals surface area contributed by atoms with Crippen molar-refractivity contribution in [1.82, 2.24) is 10.4 Å². The number of urea groups is 1. The van der Waals surface area contributed by atoms with Crippen LogP contribution in [0, 0.1) is 0 Å². The Hall–Kier alpha value is -1.26. The van der Waals surface area contributed by atoms with Crippen LogP contribution in [0.25, 0.3) is 0 Å². The van der Waals surface area contributed by atoms with Crippen LogP contribution in [0.15, 0.2) is 0 Å². The van der Waals surface area contributed by atoms with Crippen LogP contribution in [0.1, 0.15) is 13.3 Å². The minimum atomic E-state index is -0.679. The van der Waals surface area contributed by atoms with Crippen molar-refractivity contribution in [2.45, 2.75) is 13.3 Å². The summed E-state index contributed by atoms with van der Waals surface area (Å²) in [6.07, 6.45) is 0.331. The molecule has 3 N–H and O–H groups in total. The standard InChI is InChI=1S/C5H11N3O2/c1-3-4(9)7-8(2)5(6)10/h3H2,1-2H3,(H2,6,10)(H,7,9). The first-order chi connectivity index (χ1) is 4.57. The third-order valence-electron chi connectivity index (χ3n) is 0.944. The molecule has 10 heavy (non-hydrogen) atoms. The fourth-order valence-corrected chi connectivity index (χ4v) is 0.321. The molecular formula is C5H11N3O2. The van der Waals surface area contributed by atoms with E-state index in [1.807, 2.05) is 0 Å². The van der Waals surface area contributed by atoms with Crippen LogP contribution in [-0.2, 0) is 4.79 Å². The number of amides is 3. The van der Waals surface area contributed by atoms with E-state index in [-0.39, 0.29) is 5.91 Å². The third kappa shape index (κ3) is 2.91. The average Bonchev–Trinajstić information content (AvgIpc) is 1.87. The van der Waals surface area contributed by atoms with E-state index >= 15 is 0 Å². The van der Waals surface area contributed by atoms with Crippen LogP contribution >= 0.6 is 0 Å². The Morgan fingerprint density at radius 2 is 2.10 bits per heavy atom. The topological polar surface area (TPSA) is 75.4 Å². The van der Waals surface area contributed by atoms with Gasteiger partial charge in [0.2, 0.25) is 5.91 Å². The number of nitrogens with one attached hydrogen (secondary N) is 1. The second kappa shape index (κ2) is 3.71. The molecule has 0 aliphatic carbocycles. The van der Waals surface area contributed by atoms with E-state index in [2.05, 4.69) is 5.43 Å². The lowest BCUT2D eigenvalue weighted by Crippen LogP contribution is -2.45. The number of hydrazine groups is 1. The van der Waals surface area contributed by atoms with Crippen molar-refractivity contribution in [3.63, 3.8) is 0 Å². The summed E-state index contributed by atoms with van der Waals surface area (Å²) in [5.74, 6) is -0.235. The SMILES string of the molecule is CCC(=O)NN(C)C(N)=O. The van der Waals surface area contributed by atoms with Crippen molar-refractivity contribution in [3.05, 3.63) is 0 Å². The quantitative estimate of drug-likeness (QED) is 0.485. The Balaban J connectivity index is 3.68. The van der Waals surface area contributed by atoms with Crippen molar-refractivity contribution in [2.24, 2.45) is 5.73 Å². The van der Waals surface area contributed by atoms with E-state index in [9.17, 15) is 9.59 Å². The highest BCUT2D eigenvalue weighted by molar-refractivity contribution is 5.79. The fourth-order valence-electron chi connectivity index (χ4n) is 0.321. The highest BCUT2D eigenvalue weighted by Crippen LogP contribution is 1.78. The molecule has 3 amide bonds. The number of nitrogens with two attached hydrogens (primary N) is 1. The van der Waals surface area contributed by atoms with Gasteiger partial charge in [-0.25, -0.2) is 9.80 Å². The van der Waals surface area contributed by atoms with Crippen LogP contribution in [0.5, 0.6) is 0 Å². The minimum absolute atomic E-state index is 0.235. The van der Waals surface area contributed by atoms with Crippen molar-refractivity contribution in [2.75, 3.05) is 7.05 Å². The molecule has 58 valence electrons. The van der Waals surface area contributed by atoms with E-state index in [0.29, 0.717) is 6.42 Å². The molecular weight excluding hydrogens is 134 g/mol. The first kappa shape index (κ1) is 8.74. The molecule has 5 heteroatoms. The van der Waals surface area contributed by atoms with Gasteiger partial charge >= 0.3 is 6.03 Å². The predicted molar refractivity (Wildman–Crippen MR) is 35.8 cm³/mol. The fraction of sp³-hybridized carbons (Fsp3) is 0.600. The van der Waals surface area contributed by atoms with Gasteiger partial charge in [0.25, 0.3) is 0 Å². The zero-order chi connectivity index (χ0) is 8.15. The van der Waals surface area contributed by atoms with E-state index < -0.39 is 6.03 Å². The van der Waals surface area contributed by atoms with Crippen LogP contribution in [0.2, 0.25) is 0 Å². The molecule has 0 aromatic rings. The van der Waals surface area contributed by atoms with Crippen LogP contribution in [0.3, 0.4) is 0 Å². The maximum atomic E-state index is 10.6. The van der Waals surface area contributed by atoms with Gasteiger partial charge in [-0.1, -0.05) is 6.92 Å². The van der Waals surface area contributed by atoms with Crippen molar-refractivity contribution in [1.29, 1.82) is 0 Å². The van der Waals surface area contributed by atoms with Crippen LogP contribution in [-0.4, -0.2) is 24.0 Å². The Bertz CT molecular complexity index is 146. The van der Waals surface area contributed by atoms with Gasteiger partial charge in [-0.3, -0.25) is 10.2 Å². The molecule has 0 rings (SSSR count). The molecule has 0 radical (unpaired) electrons. The van der Waals surface area contributed by atoms with Gasteiger partial charge < -0.3 is 5.73 Å². The molecule has 0 saturated heterocycles. The van der Waals surface area contributed by atoms with E-state index in [4.69, 9.17) is 5.73 Å². The first-order valence-corrected chi connectivity index (χ1v) is 2.90. The van der Waals surface area contributed by atoms with Gasteiger partial charge in [0.1, 0.15) is 0 Å². The Morgan fingerprint density at radius 3 is 2.40 bits per heavy atom. The smallest absolute Gasteiger partial charge is 0.333 e. The van der Waals surface area contributed by atoms with Gasteiger partial charge in [0.15, 0.2) is 0 Å². The van der Waals surface area contributed by atoms with Crippen LogP contribution in [0.4, 0.5) is 4.79 Å². The summed E-state index contributed by atoms with van der Waals surface area (Å²) in [6, 6.07) is -0.679. The maximum Gasteiger partial charge on any atom is 0.333 e. The third-order valence-corrected chi connectivity index (χ3v) is 0.944. The van der Waals surface area contributed by atoms with Crippen molar-refractivity contribution < 1.29 is 9.59 Å². The summed E-state index contributed by atoms with van der Waals surface area (Å²) < 4.78 is 0. The Morgan fingerprint density at radius 1 is 1.60 bits per heavy atom. The number of hydrogen-bond acceptors (Lipinski definition) is 2. The van der Waals surface area contributed by atoms with E-state index in [1.165, 1.54) is 7.05 Å². The number of nitrogens with zero attached hydrogens (tertiary/aromatic N) is 1. The number of carbonyl (C=O) groups is 2. The molecule has 0 aliphatic rings. The Labute approximate surface area is 59.1 Å². The van der Waals surface area contributed by atoms with Gasteiger partial charge in [-0.2, -0.15) is 0 Å². The summed E-state index contributed by atoms with van der Waals surface area (Å²) in [4.78, 5) is 20.9. The molecule has 0 aliphatic heterocycles. The lowest BCUT2D eigenvalue weighted by atomic mass is 10.5. The number of primary amides is 1. The highest BCUT2D eigenvalue weighted by atomic mass is 16.2. The first-order valence-electron chi connectivity index (χ1n) is 2.90. The lowest BCUT2D eigenvalue weighted by molar-refractivity contribution is -0.123. The summed E-state index contributed by atoms with van der Waals surface area (Å²) in [5.41, 5.74) is 7.06. The molecule has 0 unspecified atom stereocenters. The maximum absolute atomic E-state index is 10.6. The number of carbonyl (C=O) groups excluding carboxylic acids is 2. The van der Waals surface area contributed by atoms with Gasteiger partial charge in [0, 0.05) is 13.5 Å². The van der Waals surface area contributed by atoms with Gasteiger partial charge in [-0.15, -0.1) is 0 Å². The number of hydrogen-bond donors (Lipinski definition) is 2. The van der Waals surface area contributed by atoms with Gasteiger partial charge in [0.05, 0.1) is 0 Å². The minimum Gasteiger partial charge on any atom is -0.350 e. The predicted octanol–water partition coefficient (Wildman–Crippen LogP) is -0.562. The van der Waals surface area contributed by atoms with Crippen molar-refractivity contribution in [3.8, 4) is 0 Å². The Kier molecular flexibility index (Phi) is 3.24. The monoisotopic (exact) mass is 145 g/mol. The molecule has 0 spiro atoms. The normalized spacial score (nSPS) is 8.60. The second-order valence-corrected chi connectivity index (χ2v) is 1.79. The molecule has 0 atom stereocenters. The number of rotatable bonds is 1. The molecule has 0 aromatic heterocycles. The van der Waals surface area contributed by atoms with Crippen molar-refractivity contribution >= 4 is 11.9 Å². The molecule has 0 saturated carbocycles. The second-order valence-electron chi connectivity index (χ2n) is 1.79. The summed E-state index contributed by atoms with van der Waals surface area (Å²) >= 11 is 0. The molecule has 0 fully saturated rings. The molecule has 0 heterocycles. The average molecular weight is 145 g/mol. The van der Waals surface area contributed by atoms with E-state index in [1.54, 1.807) is 6.92 Å². The summed E-state index contributed by atoms with van der Waals surface area (Å²) in [7, 11) is 1.38. The zero-order valence-electron chi connectivity index (χ0n) is 6.05. The summed E-state index contributed by atoms with van der Waals surface area (Å²) in [5, 5.41) is 0.936. The zero-order valence-corrected chi connectivity index (χ0v) is 6.05. The van der Waals surface area contributed by atoms with E-state index in [0.717, 1.165) is 5.01 Å². The van der Waals surface area contributed by atoms with Gasteiger partial charge in [-0.05, 0) is 0 Å². The molecule has 0 bridgehead atoms. The van der Waals surface area contributed by atoms with Crippen LogP contribution < -0.4 is 11.2 Å².